The standard InChI is InChI=1S/C17H23NO2/c1-4-18(13(2)12-20-3)11-16-15-8-6-5-7-14(15)9-10-17(16)19/h5-10,13,19H,4,11-12H2,1-3H3. The van der Waals surface area contributed by atoms with E-state index in [9.17, 15) is 5.11 Å². The molecular weight excluding hydrogens is 250 g/mol. The van der Waals surface area contributed by atoms with E-state index in [0.717, 1.165) is 29.4 Å². The zero-order chi connectivity index (χ0) is 14.5. The molecular formula is C17H23NO2. The highest BCUT2D eigenvalue weighted by Gasteiger charge is 2.16. The first kappa shape index (κ1) is 14.8. The van der Waals surface area contributed by atoms with Crippen LogP contribution in [0.5, 0.6) is 5.75 Å². The number of benzene rings is 2. The molecule has 0 saturated carbocycles. The highest BCUT2D eigenvalue weighted by atomic mass is 16.5. The van der Waals surface area contributed by atoms with Gasteiger partial charge in [-0.2, -0.15) is 0 Å². The lowest BCUT2D eigenvalue weighted by molar-refractivity contribution is 0.0979. The van der Waals surface area contributed by atoms with Crippen LogP contribution in [0, 0.1) is 0 Å². The van der Waals surface area contributed by atoms with Crippen molar-refractivity contribution in [3.8, 4) is 5.75 Å². The van der Waals surface area contributed by atoms with Crippen LogP contribution in [-0.2, 0) is 11.3 Å². The summed E-state index contributed by atoms with van der Waals surface area (Å²) in [5, 5.41) is 12.5. The Kier molecular flexibility index (Phi) is 4.99. The maximum atomic E-state index is 10.2. The highest BCUT2D eigenvalue weighted by Crippen LogP contribution is 2.28. The highest BCUT2D eigenvalue weighted by molar-refractivity contribution is 5.87. The molecule has 0 radical (unpaired) electrons. The predicted octanol–water partition coefficient (Wildman–Crippen LogP) is 3.40. The van der Waals surface area contributed by atoms with E-state index < -0.39 is 0 Å². The van der Waals surface area contributed by atoms with Crippen LogP contribution < -0.4 is 0 Å². The van der Waals surface area contributed by atoms with Gasteiger partial charge in [-0.25, -0.2) is 0 Å². The number of nitrogens with zero attached hydrogens (tertiary/aromatic N) is 1. The van der Waals surface area contributed by atoms with Gasteiger partial charge in [0.2, 0.25) is 0 Å². The van der Waals surface area contributed by atoms with Crippen molar-refractivity contribution < 1.29 is 9.84 Å². The van der Waals surface area contributed by atoms with Crippen LogP contribution in [0.25, 0.3) is 10.8 Å². The fraction of sp³-hybridized carbons (Fsp3) is 0.412. The first-order valence-electron chi connectivity index (χ1n) is 7.10. The van der Waals surface area contributed by atoms with Gasteiger partial charge < -0.3 is 9.84 Å². The molecule has 0 amide bonds. The van der Waals surface area contributed by atoms with E-state index in [1.54, 1.807) is 13.2 Å². The second-order valence-electron chi connectivity index (χ2n) is 5.15. The molecule has 2 rings (SSSR count). The number of methoxy groups -OCH3 is 1. The summed E-state index contributed by atoms with van der Waals surface area (Å²) in [5.41, 5.74) is 0.993. The maximum absolute atomic E-state index is 10.2. The Balaban J connectivity index is 2.34. The number of fused-ring (bicyclic) bond motifs is 1. The van der Waals surface area contributed by atoms with Crippen LogP contribution in [0.4, 0.5) is 0 Å². The third-order valence-corrected chi connectivity index (χ3v) is 3.81. The lowest BCUT2D eigenvalue weighted by Gasteiger charge is -2.28. The smallest absolute Gasteiger partial charge is 0.120 e. The van der Waals surface area contributed by atoms with Gasteiger partial charge in [-0.3, -0.25) is 4.90 Å². The molecule has 108 valence electrons. The Labute approximate surface area is 120 Å². The van der Waals surface area contributed by atoms with Crippen molar-refractivity contribution >= 4 is 10.8 Å². The summed E-state index contributed by atoms with van der Waals surface area (Å²) in [6, 6.07) is 12.2. The number of aromatic hydroxyl groups is 1. The minimum atomic E-state index is 0.323. The molecule has 0 aromatic heterocycles. The first-order chi connectivity index (χ1) is 9.67. The number of phenols is 1. The van der Waals surface area contributed by atoms with Gasteiger partial charge in [0, 0.05) is 25.3 Å². The molecule has 0 aliphatic heterocycles. The van der Waals surface area contributed by atoms with Crippen LogP contribution in [-0.4, -0.2) is 36.3 Å². The van der Waals surface area contributed by atoms with Crippen molar-refractivity contribution in [2.24, 2.45) is 0 Å². The number of phenolic OH excluding ortho intramolecular Hbond substituents is 1. The number of hydrogen-bond acceptors (Lipinski definition) is 3. The molecule has 0 bridgehead atoms. The van der Waals surface area contributed by atoms with Gasteiger partial charge in [0.1, 0.15) is 5.75 Å². The molecule has 0 spiro atoms. The Hall–Kier alpha value is -1.58. The molecule has 2 aromatic rings. The average molecular weight is 273 g/mol. The Morgan fingerprint density at radius 1 is 1.20 bits per heavy atom. The molecule has 0 aliphatic rings. The average Bonchev–Trinajstić information content (AvgIpc) is 2.46. The molecule has 0 aliphatic carbocycles. The molecule has 1 N–H and O–H groups in total. The number of ether oxygens (including phenoxy) is 1. The fourth-order valence-corrected chi connectivity index (χ4v) is 2.62. The second-order valence-corrected chi connectivity index (χ2v) is 5.15. The van der Waals surface area contributed by atoms with E-state index in [1.807, 2.05) is 18.2 Å². The topological polar surface area (TPSA) is 32.7 Å². The van der Waals surface area contributed by atoms with E-state index in [4.69, 9.17) is 4.74 Å². The Bertz CT molecular complexity index is 568. The van der Waals surface area contributed by atoms with Crippen molar-refractivity contribution in [1.29, 1.82) is 0 Å². The van der Waals surface area contributed by atoms with E-state index in [1.165, 1.54) is 0 Å². The molecule has 2 aromatic carbocycles. The Morgan fingerprint density at radius 3 is 2.65 bits per heavy atom. The lowest BCUT2D eigenvalue weighted by Crippen LogP contribution is -2.35. The molecule has 0 heterocycles. The zero-order valence-electron chi connectivity index (χ0n) is 12.5. The summed E-state index contributed by atoms with van der Waals surface area (Å²) in [6.45, 7) is 6.63. The first-order valence-corrected chi connectivity index (χ1v) is 7.10. The van der Waals surface area contributed by atoms with Crippen LogP contribution in [0.3, 0.4) is 0 Å². The summed E-state index contributed by atoms with van der Waals surface area (Å²) >= 11 is 0. The molecule has 0 saturated heterocycles. The Morgan fingerprint density at radius 2 is 1.95 bits per heavy atom. The van der Waals surface area contributed by atoms with Crippen molar-refractivity contribution in [1.82, 2.24) is 4.90 Å². The normalized spacial score (nSPS) is 13.0. The summed E-state index contributed by atoms with van der Waals surface area (Å²) in [5.74, 6) is 0.367. The van der Waals surface area contributed by atoms with E-state index in [2.05, 4.69) is 30.9 Å². The zero-order valence-corrected chi connectivity index (χ0v) is 12.5. The van der Waals surface area contributed by atoms with Gasteiger partial charge in [0.05, 0.1) is 6.61 Å². The van der Waals surface area contributed by atoms with Gasteiger partial charge in [-0.05, 0) is 30.3 Å². The molecule has 1 unspecified atom stereocenters. The minimum absolute atomic E-state index is 0.323. The van der Waals surface area contributed by atoms with Gasteiger partial charge >= 0.3 is 0 Å². The molecule has 20 heavy (non-hydrogen) atoms. The van der Waals surface area contributed by atoms with Crippen molar-refractivity contribution in [2.75, 3.05) is 20.3 Å². The minimum Gasteiger partial charge on any atom is -0.508 e. The summed E-state index contributed by atoms with van der Waals surface area (Å²) in [7, 11) is 1.72. The summed E-state index contributed by atoms with van der Waals surface area (Å²) in [6.07, 6.45) is 0. The number of likely N-dealkylation sites (N-methyl/N-ethyl adjacent to an activating group) is 1. The number of hydrogen-bond donors (Lipinski definition) is 1. The van der Waals surface area contributed by atoms with E-state index in [0.29, 0.717) is 18.4 Å². The predicted molar refractivity (Wildman–Crippen MR) is 83.0 cm³/mol. The van der Waals surface area contributed by atoms with Crippen LogP contribution in [0.2, 0.25) is 0 Å². The van der Waals surface area contributed by atoms with Crippen LogP contribution in [0.1, 0.15) is 19.4 Å². The number of rotatable bonds is 6. The SMILES string of the molecule is CCN(Cc1c(O)ccc2ccccc12)C(C)COC. The maximum Gasteiger partial charge on any atom is 0.120 e. The van der Waals surface area contributed by atoms with Crippen LogP contribution >= 0.6 is 0 Å². The third kappa shape index (κ3) is 3.11. The van der Waals surface area contributed by atoms with E-state index in [-0.39, 0.29) is 0 Å². The molecule has 3 nitrogen and oxygen atoms in total. The van der Waals surface area contributed by atoms with Crippen molar-refractivity contribution in [3.63, 3.8) is 0 Å². The van der Waals surface area contributed by atoms with Crippen molar-refractivity contribution in [2.45, 2.75) is 26.4 Å². The monoisotopic (exact) mass is 273 g/mol. The van der Waals surface area contributed by atoms with Gasteiger partial charge in [0.25, 0.3) is 0 Å². The van der Waals surface area contributed by atoms with Gasteiger partial charge in [0.15, 0.2) is 0 Å². The largest absolute Gasteiger partial charge is 0.508 e. The molecule has 3 heteroatoms. The van der Waals surface area contributed by atoms with E-state index >= 15 is 0 Å². The summed E-state index contributed by atoms with van der Waals surface area (Å²) < 4.78 is 5.24. The molecule has 1 atom stereocenters. The quantitative estimate of drug-likeness (QED) is 0.875. The van der Waals surface area contributed by atoms with Crippen molar-refractivity contribution in [3.05, 3.63) is 42.0 Å². The molecule has 0 fully saturated rings. The summed E-state index contributed by atoms with van der Waals surface area (Å²) in [4.78, 5) is 2.31. The van der Waals surface area contributed by atoms with Gasteiger partial charge in [-0.1, -0.05) is 37.3 Å². The third-order valence-electron chi connectivity index (χ3n) is 3.81. The second kappa shape index (κ2) is 6.73. The fourth-order valence-electron chi connectivity index (χ4n) is 2.62. The van der Waals surface area contributed by atoms with Gasteiger partial charge in [-0.15, -0.1) is 0 Å². The lowest BCUT2D eigenvalue weighted by atomic mass is 10.0. The van der Waals surface area contributed by atoms with Crippen LogP contribution in [0.15, 0.2) is 36.4 Å².